The number of hydrogen-bond donors (Lipinski definition) is 0. The summed E-state index contributed by atoms with van der Waals surface area (Å²) >= 11 is 3.35. The molecule has 0 bridgehead atoms. The predicted molar refractivity (Wildman–Crippen MR) is 96.1 cm³/mol. The molecule has 3 aromatic rings. The van der Waals surface area contributed by atoms with E-state index < -0.39 is 0 Å². The molecule has 3 nitrogen and oxygen atoms in total. The molecule has 0 aromatic heterocycles. The molecule has 118 valence electrons. The second-order valence-electron chi connectivity index (χ2n) is 5.10. The third-order valence-electron chi connectivity index (χ3n) is 3.34. The molecule has 3 rings (SSSR count). The molecule has 24 heavy (non-hydrogen) atoms. The number of nitrogens with zero attached hydrogens (tertiary/aromatic N) is 1. The average molecular weight is 380 g/mol. The zero-order valence-corrected chi connectivity index (χ0v) is 14.4. The van der Waals surface area contributed by atoms with Gasteiger partial charge in [0, 0.05) is 10.5 Å². The summed E-state index contributed by atoms with van der Waals surface area (Å²) in [7, 11) is 0. The van der Waals surface area contributed by atoms with Gasteiger partial charge in [0.1, 0.15) is 29.9 Å². The lowest BCUT2D eigenvalue weighted by Crippen LogP contribution is -1.95. The van der Waals surface area contributed by atoms with Crippen LogP contribution in [0.4, 0.5) is 0 Å². The van der Waals surface area contributed by atoms with Gasteiger partial charge in [-0.15, -0.1) is 0 Å². The number of benzene rings is 3. The van der Waals surface area contributed by atoms with E-state index in [4.69, 9.17) is 9.47 Å². The van der Waals surface area contributed by atoms with Gasteiger partial charge in [0.25, 0.3) is 0 Å². The Morgan fingerprint density at radius 2 is 1.67 bits per heavy atom. The standard InChI is InChI=1S/C20H14BrNO2/c21-17-9-10-20(16(11-17)13-22)24-19-8-4-7-18(12-19)23-14-15-5-2-1-3-6-15/h1-12H,14H2. The highest BCUT2D eigenvalue weighted by molar-refractivity contribution is 9.10. The van der Waals surface area contributed by atoms with Crippen LogP contribution in [0, 0.1) is 11.3 Å². The lowest BCUT2D eigenvalue weighted by atomic mass is 10.2. The predicted octanol–water partition coefficient (Wildman–Crippen LogP) is 5.69. The van der Waals surface area contributed by atoms with Crippen molar-refractivity contribution < 1.29 is 9.47 Å². The molecule has 0 spiro atoms. The first-order valence-electron chi connectivity index (χ1n) is 7.39. The maximum absolute atomic E-state index is 9.21. The fraction of sp³-hybridized carbons (Fsp3) is 0.0500. The zero-order chi connectivity index (χ0) is 16.8. The minimum Gasteiger partial charge on any atom is -0.489 e. The second kappa shape index (κ2) is 7.67. The summed E-state index contributed by atoms with van der Waals surface area (Å²) in [6.45, 7) is 0.492. The van der Waals surface area contributed by atoms with Crippen LogP contribution in [-0.2, 0) is 6.61 Å². The van der Waals surface area contributed by atoms with Crippen LogP contribution in [0.15, 0.2) is 77.3 Å². The molecule has 0 unspecified atom stereocenters. The fourth-order valence-corrected chi connectivity index (χ4v) is 2.54. The van der Waals surface area contributed by atoms with Gasteiger partial charge in [-0.2, -0.15) is 5.26 Å². The SMILES string of the molecule is N#Cc1cc(Br)ccc1Oc1cccc(OCc2ccccc2)c1. The maximum Gasteiger partial charge on any atom is 0.145 e. The van der Waals surface area contributed by atoms with E-state index in [-0.39, 0.29) is 0 Å². The Labute approximate surface area is 149 Å². The molecule has 0 saturated heterocycles. The Morgan fingerprint density at radius 3 is 2.46 bits per heavy atom. The molecule has 0 saturated carbocycles. The Hall–Kier alpha value is -2.77. The number of halogens is 1. The van der Waals surface area contributed by atoms with Crippen molar-refractivity contribution >= 4 is 15.9 Å². The van der Waals surface area contributed by atoms with Gasteiger partial charge in [-0.05, 0) is 35.9 Å². The van der Waals surface area contributed by atoms with Crippen molar-refractivity contribution in [2.75, 3.05) is 0 Å². The highest BCUT2D eigenvalue weighted by Gasteiger charge is 2.06. The van der Waals surface area contributed by atoms with E-state index in [2.05, 4.69) is 22.0 Å². The quantitative estimate of drug-likeness (QED) is 0.571. The molecule has 4 heteroatoms. The lowest BCUT2D eigenvalue weighted by molar-refractivity contribution is 0.304. The lowest BCUT2D eigenvalue weighted by Gasteiger charge is -2.10. The topological polar surface area (TPSA) is 42.2 Å². The van der Waals surface area contributed by atoms with Crippen molar-refractivity contribution in [2.24, 2.45) is 0 Å². The first-order chi connectivity index (χ1) is 11.7. The molecule has 0 heterocycles. The van der Waals surface area contributed by atoms with E-state index in [1.165, 1.54) is 0 Å². The van der Waals surface area contributed by atoms with Crippen LogP contribution >= 0.6 is 15.9 Å². The molecule has 0 radical (unpaired) electrons. The van der Waals surface area contributed by atoms with Crippen LogP contribution in [0.3, 0.4) is 0 Å². The second-order valence-corrected chi connectivity index (χ2v) is 6.02. The summed E-state index contributed by atoms with van der Waals surface area (Å²) in [5.74, 6) is 1.85. The number of nitriles is 1. The van der Waals surface area contributed by atoms with E-state index in [1.807, 2.05) is 60.7 Å². The van der Waals surface area contributed by atoms with Gasteiger partial charge in [-0.1, -0.05) is 52.3 Å². The number of hydrogen-bond acceptors (Lipinski definition) is 3. The normalized spacial score (nSPS) is 10.0. The molecule has 0 atom stereocenters. The van der Waals surface area contributed by atoms with Crippen LogP contribution < -0.4 is 9.47 Å². The first kappa shape index (κ1) is 16.1. The zero-order valence-electron chi connectivity index (χ0n) is 12.8. The minimum atomic E-state index is 0.472. The number of rotatable bonds is 5. The van der Waals surface area contributed by atoms with E-state index in [0.29, 0.717) is 29.4 Å². The molecule has 0 aliphatic carbocycles. The van der Waals surface area contributed by atoms with Crippen molar-refractivity contribution in [3.8, 4) is 23.3 Å². The molecule has 0 fully saturated rings. The molecule has 3 aromatic carbocycles. The van der Waals surface area contributed by atoms with Crippen molar-refractivity contribution in [3.05, 3.63) is 88.4 Å². The van der Waals surface area contributed by atoms with Crippen molar-refractivity contribution in [1.29, 1.82) is 5.26 Å². The van der Waals surface area contributed by atoms with E-state index in [9.17, 15) is 5.26 Å². The maximum atomic E-state index is 9.21. The van der Waals surface area contributed by atoms with Gasteiger partial charge in [-0.25, -0.2) is 0 Å². The Balaban J connectivity index is 1.73. The highest BCUT2D eigenvalue weighted by Crippen LogP contribution is 2.29. The van der Waals surface area contributed by atoms with Crippen LogP contribution in [0.25, 0.3) is 0 Å². The van der Waals surface area contributed by atoms with Crippen LogP contribution in [0.1, 0.15) is 11.1 Å². The van der Waals surface area contributed by atoms with Gasteiger partial charge >= 0.3 is 0 Å². The highest BCUT2D eigenvalue weighted by atomic mass is 79.9. The van der Waals surface area contributed by atoms with Crippen molar-refractivity contribution in [3.63, 3.8) is 0 Å². The van der Waals surface area contributed by atoms with Crippen LogP contribution in [-0.4, -0.2) is 0 Å². The molecule has 0 amide bonds. The Bertz CT molecular complexity index is 872. The largest absolute Gasteiger partial charge is 0.489 e. The third-order valence-corrected chi connectivity index (χ3v) is 3.84. The summed E-state index contributed by atoms with van der Waals surface area (Å²) in [6.07, 6.45) is 0. The van der Waals surface area contributed by atoms with Gasteiger partial charge < -0.3 is 9.47 Å². The molecular weight excluding hydrogens is 366 g/mol. The van der Waals surface area contributed by atoms with Gasteiger partial charge in [0.2, 0.25) is 0 Å². The van der Waals surface area contributed by atoms with Gasteiger partial charge in [0.05, 0.1) is 5.56 Å². The Kier molecular flexibility index (Phi) is 5.15. The van der Waals surface area contributed by atoms with E-state index in [0.717, 1.165) is 10.0 Å². The summed E-state index contributed by atoms with van der Waals surface area (Å²) < 4.78 is 12.5. The van der Waals surface area contributed by atoms with E-state index >= 15 is 0 Å². The summed E-state index contributed by atoms with van der Waals surface area (Å²) in [6, 6.07) is 24.8. The minimum absolute atomic E-state index is 0.472. The molecule has 0 aliphatic heterocycles. The van der Waals surface area contributed by atoms with Crippen LogP contribution in [0.2, 0.25) is 0 Å². The van der Waals surface area contributed by atoms with Crippen LogP contribution in [0.5, 0.6) is 17.2 Å². The molecular formula is C20H14BrNO2. The van der Waals surface area contributed by atoms with E-state index in [1.54, 1.807) is 12.1 Å². The van der Waals surface area contributed by atoms with Crippen molar-refractivity contribution in [1.82, 2.24) is 0 Å². The van der Waals surface area contributed by atoms with Gasteiger partial charge in [-0.3, -0.25) is 0 Å². The number of ether oxygens (including phenoxy) is 2. The van der Waals surface area contributed by atoms with Crippen molar-refractivity contribution in [2.45, 2.75) is 6.61 Å². The summed E-state index contributed by atoms with van der Waals surface area (Å²) in [5.41, 5.74) is 1.57. The molecule has 0 N–H and O–H groups in total. The first-order valence-corrected chi connectivity index (χ1v) is 8.18. The Morgan fingerprint density at radius 1 is 0.875 bits per heavy atom. The van der Waals surface area contributed by atoms with Gasteiger partial charge in [0.15, 0.2) is 0 Å². The molecule has 0 aliphatic rings. The average Bonchev–Trinajstić information content (AvgIpc) is 2.63. The summed E-state index contributed by atoms with van der Waals surface area (Å²) in [4.78, 5) is 0. The monoisotopic (exact) mass is 379 g/mol. The smallest absolute Gasteiger partial charge is 0.145 e. The fourth-order valence-electron chi connectivity index (χ4n) is 2.17. The summed E-state index contributed by atoms with van der Waals surface area (Å²) in [5, 5.41) is 9.21. The third kappa shape index (κ3) is 4.15.